The quantitative estimate of drug-likeness (QED) is 0.507. The molecule has 3 heteroatoms. The van der Waals surface area contributed by atoms with Crippen molar-refractivity contribution in [2.45, 2.75) is 12.5 Å². The second-order valence-corrected chi connectivity index (χ2v) is 2.87. The number of carboxylic acid groups (broad SMARTS) is 1. The Morgan fingerprint density at radius 3 is 2.67 bits per heavy atom. The Labute approximate surface area is 53.1 Å². The molecule has 3 aliphatic rings. The number of carboxylic acids is 1. The molecule has 3 nitrogen and oxygen atoms in total. The minimum atomic E-state index is -0.624. The van der Waals surface area contributed by atoms with E-state index in [1.54, 1.807) is 0 Å². The summed E-state index contributed by atoms with van der Waals surface area (Å²) in [7, 11) is 0. The van der Waals surface area contributed by atoms with Crippen molar-refractivity contribution in [2.75, 3.05) is 6.54 Å². The van der Waals surface area contributed by atoms with Gasteiger partial charge in [-0.25, -0.2) is 0 Å². The molecule has 1 aliphatic carbocycles. The smallest absolute Gasteiger partial charge is 0.308 e. The number of carbonyl (C=O) groups is 1. The monoisotopic (exact) mass is 127 g/mol. The van der Waals surface area contributed by atoms with E-state index in [1.807, 2.05) is 0 Å². The summed E-state index contributed by atoms with van der Waals surface area (Å²) in [6, 6.07) is 0.299. The van der Waals surface area contributed by atoms with Crippen molar-refractivity contribution >= 4 is 5.97 Å². The first kappa shape index (κ1) is 5.23. The molecule has 2 saturated heterocycles. The van der Waals surface area contributed by atoms with Gasteiger partial charge in [-0.3, -0.25) is 4.79 Å². The summed E-state index contributed by atoms with van der Waals surface area (Å²) in [6.45, 7) is 0.918. The molecule has 2 aliphatic heterocycles. The standard InChI is InChI=1S/C6H9NO2/c8-6(9)5-3-1-4(5)7-2-3/h3-5,7H,1-2H2,(H,8,9). The van der Waals surface area contributed by atoms with Gasteiger partial charge in [0.25, 0.3) is 0 Å². The van der Waals surface area contributed by atoms with Crippen LogP contribution >= 0.6 is 0 Å². The van der Waals surface area contributed by atoms with E-state index >= 15 is 0 Å². The fourth-order valence-corrected chi connectivity index (χ4v) is 1.85. The van der Waals surface area contributed by atoms with Crippen LogP contribution in [0.5, 0.6) is 0 Å². The molecule has 1 saturated carbocycles. The van der Waals surface area contributed by atoms with Crippen LogP contribution in [-0.4, -0.2) is 23.7 Å². The van der Waals surface area contributed by atoms with Crippen molar-refractivity contribution in [3.63, 3.8) is 0 Å². The highest BCUT2D eigenvalue weighted by Crippen LogP contribution is 2.39. The van der Waals surface area contributed by atoms with E-state index in [1.165, 1.54) is 0 Å². The zero-order valence-electron chi connectivity index (χ0n) is 5.00. The molecule has 3 unspecified atom stereocenters. The van der Waals surface area contributed by atoms with Crippen molar-refractivity contribution in [1.29, 1.82) is 0 Å². The third-order valence-corrected chi connectivity index (χ3v) is 2.43. The number of hydrogen-bond donors (Lipinski definition) is 2. The predicted octanol–water partition coefficient (Wildman–Crippen LogP) is -0.321. The maximum absolute atomic E-state index is 10.4. The number of rotatable bonds is 1. The van der Waals surface area contributed by atoms with Gasteiger partial charge in [-0.15, -0.1) is 0 Å². The van der Waals surface area contributed by atoms with Crippen molar-refractivity contribution < 1.29 is 9.90 Å². The summed E-state index contributed by atoms with van der Waals surface area (Å²) >= 11 is 0. The maximum atomic E-state index is 10.4. The first-order valence-corrected chi connectivity index (χ1v) is 3.25. The lowest BCUT2D eigenvalue weighted by molar-refractivity contribution is -0.146. The highest BCUT2D eigenvalue weighted by atomic mass is 16.4. The fourth-order valence-electron chi connectivity index (χ4n) is 1.85. The molecule has 0 spiro atoms. The van der Waals surface area contributed by atoms with Gasteiger partial charge in [0.15, 0.2) is 0 Å². The van der Waals surface area contributed by atoms with Gasteiger partial charge in [-0.2, -0.15) is 0 Å². The number of aliphatic carboxylic acids is 1. The molecule has 0 aromatic rings. The minimum absolute atomic E-state index is 0.0648. The molecule has 2 heterocycles. The van der Waals surface area contributed by atoms with Gasteiger partial charge in [0.2, 0.25) is 0 Å². The first-order valence-electron chi connectivity index (χ1n) is 3.25. The van der Waals surface area contributed by atoms with E-state index in [0.29, 0.717) is 12.0 Å². The Morgan fingerprint density at radius 1 is 1.67 bits per heavy atom. The van der Waals surface area contributed by atoms with E-state index < -0.39 is 5.97 Å². The van der Waals surface area contributed by atoms with E-state index in [0.717, 1.165) is 13.0 Å². The largest absolute Gasteiger partial charge is 0.481 e. The van der Waals surface area contributed by atoms with Gasteiger partial charge < -0.3 is 10.4 Å². The molecule has 50 valence electrons. The lowest BCUT2D eigenvalue weighted by Crippen LogP contribution is -2.42. The van der Waals surface area contributed by atoms with Crippen molar-refractivity contribution in [3.8, 4) is 0 Å². The van der Waals surface area contributed by atoms with Gasteiger partial charge in [0.1, 0.15) is 0 Å². The molecular weight excluding hydrogens is 118 g/mol. The van der Waals surface area contributed by atoms with Crippen LogP contribution in [-0.2, 0) is 4.79 Å². The second kappa shape index (κ2) is 1.48. The topological polar surface area (TPSA) is 49.3 Å². The van der Waals surface area contributed by atoms with E-state index in [4.69, 9.17) is 5.11 Å². The molecule has 0 amide bonds. The van der Waals surface area contributed by atoms with Crippen LogP contribution in [0.4, 0.5) is 0 Å². The molecule has 3 atom stereocenters. The summed E-state index contributed by atoms with van der Waals surface area (Å²) in [5, 5.41) is 11.7. The molecule has 9 heavy (non-hydrogen) atoms. The summed E-state index contributed by atoms with van der Waals surface area (Å²) in [5.74, 6) is -0.251. The van der Waals surface area contributed by atoms with E-state index in [9.17, 15) is 4.79 Å². The third kappa shape index (κ3) is 0.525. The third-order valence-electron chi connectivity index (χ3n) is 2.43. The van der Waals surface area contributed by atoms with E-state index in [-0.39, 0.29) is 5.92 Å². The van der Waals surface area contributed by atoms with Crippen LogP contribution in [0.1, 0.15) is 6.42 Å². The predicted molar refractivity (Wildman–Crippen MR) is 31.0 cm³/mol. The summed E-state index contributed by atoms with van der Waals surface area (Å²) < 4.78 is 0. The number of hydrogen-bond acceptors (Lipinski definition) is 2. The zero-order valence-corrected chi connectivity index (χ0v) is 5.00. The average Bonchev–Trinajstić information content (AvgIpc) is 2.13. The molecular formula is C6H9NO2. The van der Waals surface area contributed by atoms with Crippen molar-refractivity contribution in [2.24, 2.45) is 11.8 Å². The van der Waals surface area contributed by atoms with Gasteiger partial charge in [0.05, 0.1) is 5.92 Å². The van der Waals surface area contributed by atoms with Crippen LogP contribution in [0.2, 0.25) is 0 Å². The molecule has 0 aromatic heterocycles. The summed E-state index contributed by atoms with van der Waals surface area (Å²) in [6.07, 6.45) is 1.08. The van der Waals surface area contributed by atoms with Crippen molar-refractivity contribution in [3.05, 3.63) is 0 Å². The number of nitrogens with one attached hydrogen (secondary N) is 1. The fraction of sp³-hybridized carbons (Fsp3) is 0.833. The van der Waals surface area contributed by atoms with Crippen LogP contribution in [0.25, 0.3) is 0 Å². The Hall–Kier alpha value is -0.570. The van der Waals surface area contributed by atoms with Gasteiger partial charge in [-0.05, 0) is 18.9 Å². The lowest BCUT2D eigenvalue weighted by Gasteiger charge is -2.30. The Morgan fingerprint density at radius 2 is 2.44 bits per heavy atom. The Balaban J connectivity index is 2.10. The molecule has 3 fully saturated rings. The molecule has 3 rings (SSSR count). The molecule has 0 radical (unpaired) electrons. The summed E-state index contributed by atoms with van der Waals surface area (Å²) in [4.78, 5) is 10.4. The normalized spacial score (nSPS) is 46.4. The average molecular weight is 127 g/mol. The van der Waals surface area contributed by atoms with Crippen LogP contribution < -0.4 is 5.32 Å². The highest BCUT2D eigenvalue weighted by molar-refractivity contribution is 5.73. The Kier molecular flexibility index (Phi) is 0.858. The summed E-state index contributed by atoms with van der Waals surface area (Å²) in [5.41, 5.74) is 0. The van der Waals surface area contributed by atoms with Gasteiger partial charge in [-0.1, -0.05) is 0 Å². The maximum Gasteiger partial charge on any atom is 0.308 e. The number of fused-ring (bicyclic) bond motifs is 1. The lowest BCUT2D eigenvalue weighted by atomic mass is 9.74. The van der Waals surface area contributed by atoms with E-state index in [2.05, 4.69) is 5.32 Å². The molecule has 0 aromatic carbocycles. The second-order valence-electron chi connectivity index (χ2n) is 2.87. The Bertz CT molecular complexity index is 143. The molecule has 2 bridgehead atoms. The van der Waals surface area contributed by atoms with Crippen LogP contribution in [0, 0.1) is 11.8 Å². The van der Waals surface area contributed by atoms with Crippen LogP contribution in [0.15, 0.2) is 0 Å². The van der Waals surface area contributed by atoms with Gasteiger partial charge >= 0.3 is 5.97 Å². The van der Waals surface area contributed by atoms with Gasteiger partial charge in [0, 0.05) is 6.04 Å². The van der Waals surface area contributed by atoms with Crippen LogP contribution in [0.3, 0.4) is 0 Å². The highest BCUT2D eigenvalue weighted by Gasteiger charge is 2.50. The molecule has 2 N–H and O–H groups in total. The SMILES string of the molecule is O=C(O)C1C2CNC1C2. The first-order chi connectivity index (χ1) is 4.29. The van der Waals surface area contributed by atoms with Crippen molar-refractivity contribution in [1.82, 2.24) is 5.32 Å². The zero-order chi connectivity index (χ0) is 6.43. The minimum Gasteiger partial charge on any atom is -0.481 e.